The number of halogens is 2. The molecule has 0 saturated carbocycles. The van der Waals surface area contributed by atoms with Gasteiger partial charge in [0.1, 0.15) is 5.60 Å². The van der Waals surface area contributed by atoms with Gasteiger partial charge in [-0.15, -0.1) is 0 Å². The molecular formula is C13H16F2OS. The predicted octanol–water partition coefficient (Wildman–Crippen LogP) is 3.32. The largest absolute Gasteiger partial charge is 0.384 e. The van der Waals surface area contributed by atoms with Gasteiger partial charge in [-0.1, -0.05) is 19.9 Å². The zero-order valence-corrected chi connectivity index (χ0v) is 10.8. The minimum Gasteiger partial charge on any atom is -0.384 e. The van der Waals surface area contributed by atoms with Gasteiger partial charge in [-0.05, 0) is 35.3 Å². The molecule has 1 aromatic rings. The van der Waals surface area contributed by atoms with Gasteiger partial charge in [0.05, 0.1) is 0 Å². The standard InChI is InChI=1S/C13H16F2OS/c1-12(2)5-6-17-8-13(12,16)9-3-4-10(14)11(15)7-9/h3-4,7,16H,5-6,8H2,1-2H3. The van der Waals surface area contributed by atoms with Gasteiger partial charge < -0.3 is 5.11 Å². The second-order valence-electron chi connectivity index (χ2n) is 5.18. The molecule has 1 atom stereocenters. The van der Waals surface area contributed by atoms with Crippen LogP contribution in [0.4, 0.5) is 8.78 Å². The Hall–Kier alpha value is -0.610. The van der Waals surface area contributed by atoms with Crippen LogP contribution in [-0.2, 0) is 5.60 Å². The molecule has 4 heteroatoms. The van der Waals surface area contributed by atoms with Gasteiger partial charge in [0.15, 0.2) is 11.6 Å². The zero-order valence-electron chi connectivity index (χ0n) is 9.96. The van der Waals surface area contributed by atoms with E-state index in [4.69, 9.17) is 0 Å². The molecule has 0 aliphatic carbocycles. The summed E-state index contributed by atoms with van der Waals surface area (Å²) in [5.41, 5.74) is -0.957. The Balaban J connectivity index is 2.45. The Morgan fingerprint density at radius 2 is 1.94 bits per heavy atom. The number of hydrogen-bond donors (Lipinski definition) is 1. The van der Waals surface area contributed by atoms with Crippen LogP contribution in [0.1, 0.15) is 25.8 Å². The lowest BCUT2D eigenvalue weighted by Gasteiger charge is -2.46. The van der Waals surface area contributed by atoms with Crippen molar-refractivity contribution in [1.29, 1.82) is 0 Å². The Kier molecular flexibility index (Phi) is 3.21. The number of aliphatic hydroxyl groups is 1. The summed E-state index contributed by atoms with van der Waals surface area (Å²) >= 11 is 1.64. The predicted molar refractivity (Wildman–Crippen MR) is 66.0 cm³/mol. The number of hydrogen-bond acceptors (Lipinski definition) is 2. The molecule has 0 bridgehead atoms. The summed E-state index contributed by atoms with van der Waals surface area (Å²) in [4.78, 5) is 0. The van der Waals surface area contributed by atoms with Gasteiger partial charge in [0, 0.05) is 5.75 Å². The molecule has 2 rings (SSSR count). The van der Waals surface area contributed by atoms with E-state index >= 15 is 0 Å². The topological polar surface area (TPSA) is 20.2 Å². The lowest BCUT2D eigenvalue weighted by Crippen LogP contribution is -2.47. The van der Waals surface area contributed by atoms with Crippen molar-refractivity contribution in [2.75, 3.05) is 11.5 Å². The Morgan fingerprint density at radius 3 is 2.53 bits per heavy atom. The van der Waals surface area contributed by atoms with Crippen molar-refractivity contribution in [3.8, 4) is 0 Å². The molecule has 1 aromatic carbocycles. The Labute approximate surface area is 104 Å². The highest BCUT2D eigenvalue weighted by Crippen LogP contribution is 2.48. The summed E-state index contributed by atoms with van der Waals surface area (Å²) in [6, 6.07) is 3.67. The van der Waals surface area contributed by atoms with Gasteiger partial charge in [0.2, 0.25) is 0 Å². The van der Waals surface area contributed by atoms with Gasteiger partial charge in [-0.2, -0.15) is 11.8 Å². The number of thioether (sulfide) groups is 1. The summed E-state index contributed by atoms with van der Waals surface area (Å²) in [6.07, 6.45) is 0.854. The maximum Gasteiger partial charge on any atom is 0.159 e. The van der Waals surface area contributed by atoms with E-state index in [9.17, 15) is 13.9 Å². The van der Waals surface area contributed by atoms with Crippen molar-refractivity contribution in [1.82, 2.24) is 0 Å². The van der Waals surface area contributed by atoms with E-state index in [-0.39, 0.29) is 5.41 Å². The monoisotopic (exact) mass is 258 g/mol. The highest BCUT2D eigenvalue weighted by molar-refractivity contribution is 7.99. The van der Waals surface area contributed by atoms with Crippen LogP contribution in [0.5, 0.6) is 0 Å². The first-order valence-electron chi connectivity index (χ1n) is 5.62. The quantitative estimate of drug-likeness (QED) is 0.834. The van der Waals surface area contributed by atoms with Crippen LogP contribution < -0.4 is 0 Å². The summed E-state index contributed by atoms with van der Waals surface area (Å²) in [5.74, 6) is -0.273. The van der Waals surface area contributed by atoms with Crippen molar-refractivity contribution >= 4 is 11.8 Å². The average molecular weight is 258 g/mol. The number of benzene rings is 1. The van der Waals surface area contributed by atoms with Crippen LogP contribution >= 0.6 is 11.8 Å². The van der Waals surface area contributed by atoms with E-state index in [2.05, 4.69) is 0 Å². The molecule has 1 aliphatic heterocycles. The van der Waals surface area contributed by atoms with E-state index < -0.39 is 17.2 Å². The van der Waals surface area contributed by atoms with Crippen LogP contribution in [0.15, 0.2) is 18.2 Å². The van der Waals surface area contributed by atoms with E-state index in [1.54, 1.807) is 11.8 Å². The fourth-order valence-electron chi connectivity index (χ4n) is 2.18. The van der Waals surface area contributed by atoms with Crippen LogP contribution in [0, 0.1) is 17.0 Å². The third-order valence-corrected chi connectivity index (χ3v) is 4.81. The van der Waals surface area contributed by atoms with Crippen molar-refractivity contribution in [2.45, 2.75) is 25.9 Å². The normalized spacial score (nSPS) is 28.1. The maximum absolute atomic E-state index is 13.3. The lowest BCUT2D eigenvalue weighted by molar-refractivity contribution is -0.0581. The molecule has 1 N–H and O–H groups in total. The van der Waals surface area contributed by atoms with Crippen molar-refractivity contribution in [3.63, 3.8) is 0 Å². The van der Waals surface area contributed by atoms with Crippen LogP contribution in [-0.4, -0.2) is 16.6 Å². The molecule has 1 nitrogen and oxygen atoms in total. The highest BCUT2D eigenvalue weighted by Gasteiger charge is 2.47. The maximum atomic E-state index is 13.3. The average Bonchev–Trinajstić information content (AvgIpc) is 2.26. The molecule has 94 valence electrons. The zero-order chi connectivity index (χ0) is 12.7. The highest BCUT2D eigenvalue weighted by atomic mass is 32.2. The first-order valence-corrected chi connectivity index (χ1v) is 6.78. The molecule has 17 heavy (non-hydrogen) atoms. The lowest BCUT2D eigenvalue weighted by atomic mass is 9.70. The van der Waals surface area contributed by atoms with Crippen LogP contribution in [0.2, 0.25) is 0 Å². The summed E-state index contributed by atoms with van der Waals surface area (Å²) in [6.45, 7) is 3.93. The van der Waals surface area contributed by atoms with Gasteiger partial charge in [0.25, 0.3) is 0 Å². The van der Waals surface area contributed by atoms with E-state index in [1.165, 1.54) is 6.07 Å². The summed E-state index contributed by atoms with van der Waals surface area (Å²) in [5, 5.41) is 10.8. The molecule has 0 aromatic heterocycles. The molecule has 1 fully saturated rings. The fourth-order valence-corrected chi connectivity index (χ4v) is 3.83. The molecule has 1 saturated heterocycles. The summed E-state index contributed by atoms with van der Waals surface area (Å²) in [7, 11) is 0. The molecule has 0 radical (unpaired) electrons. The van der Waals surface area contributed by atoms with E-state index in [0.29, 0.717) is 11.3 Å². The van der Waals surface area contributed by atoms with Crippen LogP contribution in [0.3, 0.4) is 0 Å². The molecular weight excluding hydrogens is 242 g/mol. The van der Waals surface area contributed by atoms with Crippen molar-refractivity contribution < 1.29 is 13.9 Å². The third kappa shape index (κ3) is 2.08. The first kappa shape index (κ1) is 12.8. The smallest absolute Gasteiger partial charge is 0.159 e. The molecule has 1 heterocycles. The Bertz CT molecular complexity index is 433. The Morgan fingerprint density at radius 1 is 1.24 bits per heavy atom. The van der Waals surface area contributed by atoms with Gasteiger partial charge in [-0.3, -0.25) is 0 Å². The second-order valence-corrected chi connectivity index (χ2v) is 6.28. The SMILES string of the molecule is CC1(C)CCSCC1(O)c1ccc(F)c(F)c1. The minimum absolute atomic E-state index is 0.331. The summed E-state index contributed by atoms with van der Waals surface area (Å²) < 4.78 is 26.2. The molecule has 0 amide bonds. The first-order chi connectivity index (χ1) is 7.87. The molecule has 0 spiro atoms. The number of rotatable bonds is 1. The fraction of sp³-hybridized carbons (Fsp3) is 0.538. The van der Waals surface area contributed by atoms with Crippen molar-refractivity contribution in [2.24, 2.45) is 5.41 Å². The second kappa shape index (κ2) is 4.25. The minimum atomic E-state index is -1.09. The van der Waals surface area contributed by atoms with Gasteiger partial charge in [-0.25, -0.2) is 8.78 Å². The van der Waals surface area contributed by atoms with E-state index in [0.717, 1.165) is 24.3 Å². The van der Waals surface area contributed by atoms with Crippen molar-refractivity contribution in [3.05, 3.63) is 35.4 Å². The molecule has 1 unspecified atom stereocenters. The molecule has 1 aliphatic rings. The third-order valence-electron chi connectivity index (χ3n) is 3.70. The van der Waals surface area contributed by atoms with Crippen LogP contribution in [0.25, 0.3) is 0 Å². The van der Waals surface area contributed by atoms with E-state index in [1.807, 2.05) is 13.8 Å². The van der Waals surface area contributed by atoms with Gasteiger partial charge >= 0.3 is 0 Å².